The molecule has 0 radical (unpaired) electrons. The maximum atomic E-state index is 11.1. The van der Waals surface area contributed by atoms with Gasteiger partial charge in [-0.2, -0.15) is 0 Å². The highest BCUT2D eigenvalue weighted by molar-refractivity contribution is 7.94. The minimum Gasteiger partial charge on any atom is -0.224 e. The molecule has 0 saturated carbocycles. The van der Waals surface area contributed by atoms with Crippen LogP contribution in [0, 0.1) is 11.8 Å². The summed E-state index contributed by atoms with van der Waals surface area (Å²) in [5.74, 6) is 0.583. The number of fused-ring (bicyclic) bond motifs is 2. The highest BCUT2D eigenvalue weighted by Crippen LogP contribution is 2.40. The number of allylic oxidation sites excluding steroid dienone is 4. The smallest absolute Gasteiger partial charge is 0.172 e. The van der Waals surface area contributed by atoms with Crippen molar-refractivity contribution in [1.29, 1.82) is 0 Å². The van der Waals surface area contributed by atoms with E-state index in [-0.39, 0.29) is 5.92 Å². The monoisotopic (exact) mass is 170 g/mol. The number of sulfone groups is 1. The summed E-state index contributed by atoms with van der Waals surface area (Å²) in [6.45, 7) is 0. The lowest BCUT2D eigenvalue weighted by Crippen LogP contribution is -2.06. The summed E-state index contributed by atoms with van der Waals surface area (Å²) in [4.78, 5) is 0.630. The Morgan fingerprint density at radius 2 is 2.18 bits per heavy atom. The van der Waals surface area contributed by atoms with E-state index in [9.17, 15) is 8.42 Å². The molecule has 2 atom stereocenters. The molecule has 0 aromatic heterocycles. The zero-order chi connectivity index (χ0) is 8.06. The van der Waals surface area contributed by atoms with Crippen LogP contribution in [0.2, 0.25) is 0 Å². The van der Waals surface area contributed by atoms with Crippen molar-refractivity contribution in [2.75, 3.05) is 6.26 Å². The van der Waals surface area contributed by atoms with Gasteiger partial charge in [-0.3, -0.25) is 0 Å². The molecule has 0 fully saturated rings. The molecule has 0 saturated heterocycles. The van der Waals surface area contributed by atoms with Gasteiger partial charge in [-0.05, 0) is 12.3 Å². The van der Waals surface area contributed by atoms with Crippen molar-refractivity contribution < 1.29 is 8.42 Å². The zero-order valence-corrected chi connectivity index (χ0v) is 7.14. The molecule has 0 amide bonds. The molecule has 0 spiro atoms. The molecule has 60 valence electrons. The largest absolute Gasteiger partial charge is 0.224 e. The van der Waals surface area contributed by atoms with Gasteiger partial charge in [0.2, 0.25) is 0 Å². The molecule has 2 nitrogen and oxygen atoms in total. The van der Waals surface area contributed by atoms with E-state index in [1.54, 1.807) is 0 Å². The lowest BCUT2D eigenvalue weighted by Gasteiger charge is -2.05. The Bertz CT molecular complexity index is 335. The van der Waals surface area contributed by atoms with Crippen LogP contribution in [0.3, 0.4) is 0 Å². The molecule has 0 N–H and O–H groups in total. The Morgan fingerprint density at radius 3 is 2.45 bits per heavy atom. The number of hydrogen-bond acceptors (Lipinski definition) is 2. The lowest BCUT2D eigenvalue weighted by atomic mass is 10.2. The van der Waals surface area contributed by atoms with Crippen molar-refractivity contribution in [1.82, 2.24) is 0 Å². The van der Waals surface area contributed by atoms with Crippen LogP contribution in [0.1, 0.15) is 6.42 Å². The van der Waals surface area contributed by atoms with Gasteiger partial charge in [0.1, 0.15) is 0 Å². The van der Waals surface area contributed by atoms with E-state index in [2.05, 4.69) is 6.08 Å². The average molecular weight is 170 g/mol. The van der Waals surface area contributed by atoms with Gasteiger partial charge in [-0.15, -0.1) is 0 Å². The Labute approximate surface area is 66.5 Å². The topological polar surface area (TPSA) is 34.1 Å². The van der Waals surface area contributed by atoms with E-state index < -0.39 is 9.84 Å². The van der Waals surface area contributed by atoms with Crippen molar-refractivity contribution in [2.45, 2.75) is 6.42 Å². The Kier molecular flexibility index (Phi) is 1.27. The van der Waals surface area contributed by atoms with Crippen LogP contribution >= 0.6 is 0 Å². The number of hydrogen-bond donors (Lipinski definition) is 0. The molecule has 0 aromatic carbocycles. The molecule has 11 heavy (non-hydrogen) atoms. The van der Waals surface area contributed by atoms with Crippen molar-refractivity contribution in [3.63, 3.8) is 0 Å². The van der Waals surface area contributed by atoms with Crippen LogP contribution in [0.15, 0.2) is 23.1 Å². The van der Waals surface area contributed by atoms with Crippen molar-refractivity contribution in [3.05, 3.63) is 23.1 Å². The molecule has 0 unspecified atom stereocenters. The van der Waals surface area contributed by atoms with Crippen LogP contribution in [0.5, 0.6) is 0 Å². The third kappa shape index (κ3) is 1.03. The standard InChI is InChI=1S/C8H10O2S/c1-11(9,10)8-5-6-2-3-7(8)4-6/h2-3,5-7H,4H2,1H3/t6-,7+/m1/s1. The second-order valence-corrected chi connectivity index (χ2v) is 5.25. The quantitative estimate of drug-likeness (QED) is 0.553. The average Bonchev–Trinajstić information content (AvgIpc) is 2.42. The minimum atomic E-state index is -2.92. The Hall–Kier alpha value is -0.570. The fraction of sp³-hybridized carbons (Fsp3) is 0.500. The molecule has 0 aliphatic heterocycles. The summed E-state index contributed by atoms with van der Waals surface area (Å²) in [5, 5.41) is 0. The van der Waals surface area contributed by atoms with E-state index in [0.29, 0.717) is 10.8 Å². The van der Waals surface area contributed by atoms with Gasteiger partial charge in [0, 0.05) is 17.1 Å². The van der Waals surface area contributed by atoms with E-state index in [4.69, 9.17) is 0 Å². The van der Waals surface area contributed by atoms with Crippen molar-refractivity contribution in [2.24, 2.45) is 11.8 Å². The van der Waals surface area contributed by atoms with E-state index >= 15 is 0 Å². The Morgan fingerprint density at radius 1 is 1.45 bits per heavy atom. The first-order valence-electron chi connectivity index (χ1n) is 3.67. The summed E-state index contributed by atoms with van der Waals surface area (Å²) in [7, 11) is -2.92. The van der Waals surface area contributed by atoms with Gasteiger partial charge in [-0.25, -0.2) is 8.42 Å². The summed E-state index contributed by atoms with van der Waals surface area (Å²) >= 11 is 0. The normalized spacial score (nSPS) is 34.5. The van der Waals surface area contributed by atoms with Gasteiger partial charge in [0.15, 0.2) is 9.84 Å². The third-order valence-corrected chi connectivity index (χ3v) is 3.58. The maximum Gasteiger partial charge on any atom is 0.172 e. The highest BCUT2D eigenvalue weighted by Gasteiger charge is 2.32. The van der Waals surface area contributed by atoms with Gasteiger partial charge < -0.3 is 0 Å². The van der Waals surface area contributed by atoms with Crippen molar-refractivity contribution >= 4 is 9.84 Å². The maximum absolute atomic E-state index is 11.1. The van der Waals surface area contributed by atoms with Crippen molar-refractivity contribution in [3.8, 4) is 0 Å². The zero-order valence-electron chi connectivity index (χ0n) is 6.32. The molecule has 2 bridgehead atoms. The lowest BCUT2D eigenvalue weighted by molar-refractivity contribution is 0.602. The second kappa shape index (κ2) is 1.97. The minimum absolute atomic E-state index is 0.190. The van der Waals surface area contributed by atoms with Crippen LogP contribution in [0.25, 0.3) is 0 Å². The molecule has 2 rings (SSSR count). The Balaban J connectivity index is 2.41. The summed E-state index contributed by atoms with van der Waals surface area (Å²) in [5.41, 5.74) is 0. The van der Waals surface area contributed by atoms with Gasteiger partial charge >= 0.3 is 0 Å². The van der Waals surface area contributed by atoms with Gasteiger partial charge in [0.05, 0.1) is 0 Å². The van der Waals surface area contributed by atoms with Crippen LogP contribution < -0.4 is 0 Å². The van der Waals surface area contributed by atoms with Gasteiger partial charge in [-0.1, -0.05) is 18.2 Å². The van der Waals surface area contributed by atoms with E-state index in [0.717, 1.165) is 6.42 Å². The molecular weight excluding hydrogens is 160 g/mol. The first-order valence-corrected chi connectivity index (χ1v) is 5.56. The second-order valence-electron chi connectivity index (χ2n) is 3.23. The fourth-order valence-electron chi connectivity index (χ4n) is 1.79. The first kappa shape index (κ1) is 7.10. The number of rotatable bonds is 1. The first-order chi connectivity index (χ1) is 5.07. The van der Waals surface area contributed by atoms with Crippen LogP contribution in [-0.2, 0) is 9.84 Å². The predicted octanol–water partition coefficient (Wildman–Crippen LogP) is 1.12. The van der Waals surface area contributed by atoms with Crippen LogP contribution in [-0.4, -0.2) is 14.7 Å². The predicted molar refractivity (Wildman–Crippen MR) is 43.7 cm³/mol. The summed E-state index contributed by atoms with van der Waals surface area (Å²) in [6.07, 6.45) is 8.22. The molecule has 0 heterocycles. The molecule has 2 aliphatic carbocycles. The fourth-order valence-corrected chi connectivity index (χ4v) is 2.94. The summed E-state index contributed by atoms with van der Waals surface area (Å²) in [6, 6.07) is 0. The van der Waals surface area contributed by atoms with Gasteiger partial charge in [0.25, 0.3) is 0 Å². The highest BCUT2D eigenvalue weighted by atomic mass is 32.2. The van der Waals surface area contributed by atoms with E-state index in [1.165, 1.54) is 6.26 Å². The molecule has 3 heteroatoms. The summed E-state index contributed by atoms with van der Waals surface area (Å²) < 4.78 is 22.2. The molecular formula is C8H10O2S. The SMILES string of the molecule is CS(=O)(=O)C1=C[C@@H]2C=C[C@H]1C2. The van der Waals surface area contributed by atoms with Crippen LogP contribution in [0.4, 0.5) is 0 Å². The third-order valence-electron chi connectivity index (χ3n) is 2.29. The van der Waals surface area contributed by atoms with E-state index in [1.807, 2.05) is 12.2 Å². The molecule has 0 aromatic rings. The molecule has 2 aliphatic rings.